The first-order valence-electron chi connectivity index (χ1n) is 7.90. The van der Waals surface area contributed by atoms with Crippen LogP contribution in [0, 0.1) is 5.82 Å². The first kappa shape index (κ1) is 16.2. The Labute approximate surface area is 138 Å². The van der Waals surface area contributed by atoms with Crippen LogP contribution in [0.2, 0.25) is 0 Å². The second kappa shape index (κ2) is 6.82. The van der Waals surface area contributed by atoms with Crippen LogP contribution < -0.4 is 15.6 Å². The first-order valence-corrected chi connectivity index (χ1v) is 7.90. The summed E-state index contributed by atoms with van der Waals surface area (Å²) in [5.74, 6) is -0.417. The van der Waals surface area contributed by atoms with Gasteiger partial charge >= 0.3 is 0 Å². The van der Waals surface area contributed by atoms with E-state index in [9.17, 15) is 14.0 Å². The summed E-state index contributed by atoms with van der Waals surface area (Å²) in [6, 6.07) is 8.36. The summed E-state index contributed by atoms with van der Waals surface area (Å²) < 4.78 is 19.8. The molecule has 1 aliphatic rings. The number of ether oxygens (including phenoxy) is 1. The summed E-state index contributed by atoms with van der Waals surface area (Å²) in [6.07, 6.45) is 1.80. The molecule has 7 heteroatoms. The van der Waals surface area contributed by atoms with Gasteiger partial charge in [-0.2, -0.15) is 4.68 Å². The van der Waals surface area contributed by atoms with Gasteiger partial charge in [0, 0.05) is 18.2 Å². The molecule has 1 amide bonds. The van der Waals surface area contributed by atoms with Crippen molar-refractivity contribution in [2.45, 2.75) is 38.3 Å². The van der Waals surface area contributed by atoms with E-state index < -0.39 is 11.9 Å². The molecule has 2 aromatic rings. The largest absolute Gasteiger partial charge is 0.463 e. The lowest BCUT2D eigenvalue weighted by molar-refractivity contribution is -0.128. The topological polar surface area (TPSA) is 73.2 Å². The molecule has 0 aliphatic heterocycles. The van der Waals surface area contributed by atoms with E-state index in [0.717, 1.165) is 17.5 Å². The molecule has 1 aromatic heterocycles. The van der Waals surface area contributed by atoms with Crippen molar-refractivity contribution in [1.82, 2.24) is 15.1 Å². The number of aromatic nitrogens is 2. The quantitative estimate of drug-likeness (QED) is 0.876. The number of nitrogens with one attached hydrogen (secondary N) is 1. The molecule has 1 atom stereocenters. The molecule has 1 fully saturated rings. The van der Waals surface area contributed by atoms with E-state index in [1.54, 1.807) is 0 Å². The van der Waals surface area contributed by atoms with Gasteiger partial charge in [0.2, 0.25) is 5.88 Å². The van der Waals surface area contributed by atoms with Crippen LogP contribution >= 0.6 is 0 Å². The number of rotatable bonds is 6. The van der Waals surface area contributed by atoms with E-state index in [0.29, 0.717) is 12.1 Å². The van der Waals surface area contributed by atoms with Crippen molar-refractivity contribution >= 4 is 5.91 Å². The van der Waals surface area contributed by atoms with Crippen LogP contribution in [0.3, 0.4) is 0 Å². The monoisotopic (exact) mass is 331 g/mol. The van der Waals surface area contributed by atoms with E-state index in [1.807, 2.05) is 6.92 Å². The molecule has 6 nitrogen and oxygen atoms in total. The molecule has 126 valence electrons. The number of carbonyl (C=O) groups excluding carboxylic acids is 1. The second-order valence-electron chi connectivity index (χ2n) is 5.70. The van der Waals surface area contributed by atoms with Gasteiger partial charge in [-0.05, 0) is 43.5 Å². The maximum absolute atomic E-state index is 13.0. The zero-order chi connectivity index (χ0) is 17.1. The Balaban J connectivity index is 1.80. The molecule has 1 aliphatic carbocycles. The molecule has 0 bridgehead atoms. The normalized spacial score (nSPS) is 14.9. The number of hydrogen-bond acceptors (Lipinski definition) is 4. The van der Waals surface area contributed by atoms with Crippen molar-refractivity contribution in [2.24, 2.45) is 0 Å². The third-order valence-electron chi connectivity index (χ3n) is 3.70. The molecular weight excluding hydrogens is 313 g/mol. The molecule has 0 spiro atoms. The Hall–Kier alpha value is -2.70. The lowest BCUT2D eigenvalue weighted by Crippen LogP contribution is -2.39. The van der Waals surface area contributed by atoms with Gasteiger partial charge in [0.25, 0.3) is 11.5 Å². The SMILES string of the molecule is CCC(Oc1ccc(=O)n(-c2ccc(F)cc2)n1)C(=O)NC1CC1. The van der Waals surface area contributed by atoms with Crippen LogP contribution in [0.25, 0.3) is 5.69 Å². The molecule has 0 saturated heterocycles. The van der Waals surface area contributed by atoms with Gasteiger partial charge in [0.05, 0.1) is 5.69 Å². The van der Waals surface area contributed by atoms with E-state index in [4.69, 9.17) is 4.74 Å². The van der Waals surface area contributed by atoms with Gasteiger partial charge in [-0.25, -0.2) is 4.39 Å². The predicted molar refractivity (Wildman–Crippen MR) is 85.7 cm³/mol. The highest BCUT2D eigenvalue weighted by atomic mass is 19.1. The fourth-order valence-corrected chi connectivity index (χ4v) is 2.21. The van der Waals surface area contributed by atoms with E-state index in [2.05, 4.69) is 10.4 Å². The summed E-state index contributed by atoms with van der Waals surface area (Å²) in [4.78, 5) is 24.1. The van der Waals surface area contributed by atoms with E-state index >= 15 is 0 Å². The van der Waals surface area contributed by atoms with Crippen LogP contribution in [0.4, 0.5) is 4.39 Å². The molecule has 1 unspecified atom stereocenters. The molecule has 0 radical (unpaired) electrons. The predicted octanol–water partition coefficient (Wildman–Crippen LogP) is 1.81. The zero-order valence-electron chi connectivity index (χ0n) is 13.2. The molecular formula is C17H18FN3O3. The lowest BCUT2D eigenvalue weighted by atomic mass is 10.2. The standard InChI is InChI=1S/C17H18FN3O3/c1-2-14(17(23)19-12-5-6-12)24-15-9-10-16(22)21(20-15)13-7-3-11(18)4-8-13/h3-4,7-10,12,14H,2,5-6H2,1H3,(H,19,23). The number of benzene rings is 1. The fraction of sp³-hybridized carbons (Fsp3) is 0.353. The minimum absolute atomic E-state index is 0.164. The Bertz CT molecular complexity index is 784. The number of halogens is 1. The smallest absolute Gasteiger partial charge is 0.271 e. The Morgan fingerprint density at radius 1 is 1.33 bits per heavy atom. The molecule has 1 heterocycles. The van der Waals surface area contributed by atoms with E-state index in [-0.39, 0.29) is 23.4 Å². The third-order valence-corrected chi connectivity index (χ3v) is 3.70. The van der Waals surface area contributed by atoms with Crippen LogP contribution in [-0.2, 0) is 4.79 Å². The van der Waals surface area contributed by atoms with Crippen molar-refractivity contribution in [3.05, 3.63) is 52.6 Å². The van der Waals surface area contributed by atoms with Crippen molar-refractivity contribution in [3.63, 3.8) is 0 Å². The highest BCUT2D eigenvalue weighted by Crippen LogP contribution is 2.19. The summed E-state index contributed by atoms with van der Waals surface area (Å²) in [7, 11) is 0. The van der Waals surface area contributed by atoms with Crippen LogP contribution in [-0.4, -0.2) is 27.8 Å². The fourth-order valence-electron chi connectivity index (χ4n) is 2.21. The zero-order valence-corrected chi connectivity index (χ0v) is 13.2. The van der Waals surface area contributed by atoms with Gasteiger partial charge < -0.3 is 10.1 Å². The Morgan fingerprint density at radius 3 is 2.67 bits per heavy atom. The van der Waals surface area contributed by atoms with Crippen molar-refractivity contribution in [3.8, 4) is 11.6 Å². The minimum atomic E-state index is -0.669. The maximum Gasteiger partial charge on any atom is 0.271 e. The molecule has 1 N–H and O–H groups in total. The summed E-state index contributed by atoms with van der Waals surface area (Å²) in [6.45, 7) is 1.84. The molecule has 1 aromatic carbocycles. The summed E-state index contributed by atoms with van der Waals surface area (Å²) in [5.41, 5.74) is 0.0479. The van der Waals surface area contributed by atoms with Gasteiger partial charge in [-0.3, -0.25) is 9.59 Å². The number of carbonyl (C=O) groups is 1. The number of nitrogens with zero attached hydrogens (tertiary/aromatic N) is 2. The molecule has 3 rings (SSSR count). The Morgan fingerprint density at radius 2 is 2.04 bits per heavy atom. The van der Waals surface area contributed by atoms with Gasteiger partial charge in [-0.1, -0.05) is 6.92 Å². The van der Waals surface area contributed by atoms with Crippen molar-refractivity contribution in [2.75, 3.05) is 0 Å². The van der Waals surface area contributed by atoms with Crippen molar-refractivity contribution in [1.29, 1.82) is 0 Å². The molecule has 1 saturated carbocycles. The van der Waals surface area contributed by atoms with Gasteiger partial charge in [0.15, 0.2) is 6.10 Å². The van der Waals surface area contributed by atoms with Crippen LogP contribution in [0.1, 0.15) is 26.2 Å². The maximum atomic E-state index is 13.0. The van der Waals surface area contributed by atoms with E-state index in [1.165, 1.54) is 36.4 Å². The highest BCUT2D eigenvalue weighted by molar-refractivity contribution is 5.81. The first-order chi connectivity index (χ1) is 11.6. The van der Waals surface area contributed by atoms with Crippen LogP contribution in [0.15, 0.2) is 41.2 Å². The van der Waals surface area contributed by atoms with Crippen molar-refractivity contribution < 1.29 is 13.9 Å². The third kappa shape index (κ3) is 3.79. The second-order valence-corrected chi connectivity index (χ2v) is 5.70. The van der Waals surface area contributed by atoms with Crippen LogP contribution in [0.5, 0.6) is 5.88 Å². The lowest BCUT2D eigenvalue weighted by Gasteiger charge is -2.17. The summed E-state index contributed by atoms with van der Waals surface area (Å²) in [5, 5.41) is 7.00. The Kier molecular flexibility index (Phi) is 4.59. The summed E-state index contributed by atoms with van der Waals surface area (Å²) >= 11 is 0. The molecule has 24 heavy (non-hydrogen) atoms. The highest BCUT2D eigenvalue weighted by Gasteiger charge is 2.28. The number of amides is 1. The number of hydrogen-bond donors (Lipinski definition) is 1. The average molecular weight is 331 g/mol. The van der Waals surface area contributed by atoms with Gasteiger partial charge in [0.1, 0.15) is 5.82 Å². The minimum Gasteiger partial charge on any atom is -0.463 e. The van der Waals surface area contributed by atoms with Gasteiger partial charge in [-0.15, -0.1) is 5.10 Å². The average Bonchev–Trinajstić information content (AvgIpc) is 3.38.